The predicted molar refractivity (Wildman–Crippen MR) is 108 cm³/mol. The predicted octanol–water partition coefficient (Wildman–Crippen LogP) is 6.63. The molecule has 2 aliphatic rings. The Balaban J connectivity index is 0. The Hall–Kier alpha value is -1.65. The SMILES string of the molecule is C=C(C)C1CC=C(C)CC1.CC1(C(=O)F)CCC(C(C)(C)C(=O)F)CC1.F.[C-]#[O+]. The maximum absolute atomic E-state index is 12.8. The van der Waals surface area contributed by atoms with Gasteiger partial charge in [-0.3, -0.25) is 14.3 Å². The Kier molecular flexibility index (Phi) is 13.1. The van der Waals surface area contributed by atoms with E-state index < -0.39 is 22.9 Å². The third-order valence-corrected chi connectivity index (χ3v) is 6.43. The van der Waals surface area contributed by atoms with Crippen LogP contribution in [-0.2, 0) is 14.2 Å². The molecule has 0 aliphatic heterocycles. The molecule has 166 valence electrons. The van der Waals surface area contributed by atoms with Crippen molar-refractivity contribution in [3.63, 3.8) is 0 Å². The van der Waals surface area contributed by atoms with Crippen molar-refractivity contribution >= 4 is 12.1 Å². The topological polar surface area (TPSA) is 54.0 Å². The molecule has 0 N–H and O–H groups in total. The van der Waals surface area contributed by atoms with Crippen molar-refractivity contribution in [1.82, 2.24) is 0 Å². The molecule has 0 saturated heterocycles. The fourth-order valence-electron chi connectivity index (χ4n) is 3.75. The molecule has 0 aromatic heterocycles. The molecule has 1 saturated carbocycles. The van der Waals surface area contributed by atoms with Crippen LogP contribution >= 0.6 is 0 Å². The summed E-state index contributed by atoms with van der Waals surface area (Å²) < 4.78 is 33.1. The molecule has 0 bridgehead atoms. The van der Waals surface area contributed by atoms with Crippen molar-refractivity contribution in [2.24, 2.45) is 22.7 Å². The van der Waals surface area contributed by atoms with Crippen LogP contribution in [0.3, 0.4) is 0 Å². The van der Waals surface area contributed by atoms with Crippen molar-refractivity contribution in [3.8, 4) is 0 Å². The summed E-state index contributed by atoms with van der Waals surface area (Å²) in [5, 5.41) is 0. The van der Waals surface area contributed by atoms with Gasteiger partial charge in [0, 0.05) is 0 Å². The summed E-state index contributed by atoms with van der Waals surface area (Å²) in [5.74, 6) is 0.668. The van der Waals surface area contributed by atoms with E-state index in [1.54, 1.807) is 26.3 Å². The third-order valence-electron chi connectivity index (χ3n) is 6.43. The van der Waals surface area contributed by atoms with E-state index in [0.29, 0.717) is 25.7 Å². The van der Waals surface area contributed by atoms with Crippen molar-refractivity contribution < 1.29 is 27.7 Å². The van der Waals surface area contributed by atoms with Crippen LogP contribution in [0.1, 0.15) is 79.6 Å². The second kappa shape index (κ2) is 12.8. The zero-order valence-electron chi connectivity index (χ0n) is 18.3. The van der Waals surface area contributed by atoms with Gasteiger partial charge in [-0.25, -0.2) is 0 Å². The molecule has 1 atom stereocenters. The number of hydrogen-bond donors (Lipinski definition) is 0. The summed E-state index contributed by atoms with van der Waals surface area (Å²) in [5.41, 5.74) is 0.966. The number of carbonyl (C=O) groups is 2. The van der Waals surface area contributed by atoms with Gasteiger partial charge in [0.1, 0.15) is 0 Å². The average molecular weight is 417 g/mol. The van der Waals surface area contributed by atoms with Gasteiger partial charge in [-0.15, -0.1) is 0 Å². The molecule has 0 radical (unpaired) electrons. The van der Waals surface area contributed by atoms with E-state index in [-0.39, 0.29) is 10.6 Å². The Morgan fingerprint density at radius 1 is 1.21 bits per heavy atom. The van der Waals surface area contributed by atoms with E-state index in [2.05, 4.69) is 33.2 Å². The van der Waals surface area contributed by atoms with Gasteiger partial charge in [-0.1, -0.05) is 23.8 Å². The van der Waals surface area contributed by atoms with Crippen LogP contribution in [0.15, 0.2) is 23.8 Å². The summed E-state index contributed by atoms with van der Waals surface area (Å²) in [7, 11) is 0. The fraction of sp³-hybridized carbons (Fsp3) is 0.696. The molecule has 0 heterocycles. The van der Waals surface area contributed by atoms with Gasteiger partial charge in [0.05, 0.1) is 10.8 Å². The maximum atomic E-state index is 12.8. The average Bonchev–Trinajstić information content (AvgIpc) is 2.64. The third kappa shape index (κ3) is 8.71. The van der Waals surface area contributed by atoms with Crippen LogP contribution in [0.2, 0.25) is 0 Å². The van der Waals surface area contributed by atoms with Crippen LogP contribution in [0.25, 0.3) is 0 Å². The summed E-state index contributed by atoms with van der Waals surface area (Å²) in [6.07, 6.45) is 8.00. The van der Waals surface area contributed by atoms with E-state index in [9.17, 15) is 18.4 Å². The number of hydrogen-bond acceptors (Lipinski definition) is 2. The van der Waals surface area contributed by atoms with E-state index in [1.807, 2.05) is 0 Å². The van der Waals surface area contributed by atoms with E-state index in [4.69, 9.17) is 4.65 Å². The first-order valence-electron chi connectivity index (χ1n) is 9.81. The minimum absolute atomic E-state index is 0. The van der Waals surface area contributed by atoms with E-state index in [0.717, 1.165) is 5.92 Å². The van der Waals surface area contributed by atoms with Crippen LogP contribution in [0, 0.1) is 29.3 Å². The van der Waals surface area contributed by atoms with Gasteiger partial charge in [0.2, 0.25) is 0 Å². The molecule has 1 fully saturated rings. The molecule has 3 nitrogen and oxygen atoms in total. The van der Waals surface area contributed by atoms with Crippen molar-refractivity contribution in [1.29, 1.82) is 0 Å². The second-order valence-corrected chi connectivity index (χ2v) is 8.97. The fourth-order valence-corrected chi connectivity index (χ4v) is 3.75. The molecule has 0 aromatic rings. The molecule has 2 rings (SSSR count). The first-order chi connectivity index (χ1) is 12.9. The molecule has 0 spiro atoms. The van der Waals surface area contributed by atoms with Gasteiger partial charge in [0.25, 0.3) is 0 Å². The van der Waals surface area contributed by atoms with Gasteiger partial charge < -0.3 is 0 Å². The number of carbonyl (C=O) groups excluding carboxylic acids is 2. The second-order valence-electron chi connectivity index (χ2n) is 8.97. The minimum atomic E-state index is -1.33. The standard InChI is InChI=1S/C12H18F2O2.C10H16.CO.FH/c1-11(2,9(13)15)8-4-6-12(3,7-5-8)10(14)16;1-8(2)10-6-4-9(3)5-7-10;1-2;/h8H,4-7H2,1-3H3;4,10H,1,5-7H2,2-3H3;;1H. The summed E-state index contributed by atoms with van der Waals surface area (Å²) in [4.78, 5) is 21.7. The Labute approximate surface area is 173 Å². The summed E-state index contributed by atoms with van der Waals surface area (Å²) in [6, 6.07) is -2.62. The molecular formula is C23H35F3O3. The quantitative estimate of drug-likeness (QED) is 0.224. The molecule has 0 amide bonds. The molecule has 2 aliphatic carbocycles. The van der Waals surface area contributed by atoms with Gasteiger partial charge >= 0.3 is 23.4 Å². The van der Waals surface area contributed by atoms with Crippen LogP contribution in [-0.4, -0.2) is 12.1 Å². The number of allylic oxidation sites excluding steroid dienone is 3. The summed E-state index contributed by atoms with van der Waals surface area (Å²) in [6.45, 7) is 17.6. The molecule has 29 heavy (non-hydrogen) atoms. The van der Waals surface area contributed by atoms with Crippen molar-refractivity contribution in [3.05, 3.63) is 30.5 Å². The Bertz CT molecular complexity index is 612. The molecule has 0 aromatic carbocycles. The van der Waals surface area contributed by atoms with Crippen LogP contribution in [0.5, 0.6) is 0 Å². The van der Waals surface area contributed by atoms with Crippen LogP contribution < -0.4 is 0 Å². The molecule has 6 heteroatoms. The zero-order chi connectivity index (χ0) is 22.1. The Morgan fingerprint density at radius 2 is 1.69 bits per heavy atom. The number of rotatable bonds is 4. The molecule has 1 unspecified atom stereocenters. The van der Waals surface area contributed by atoms with Gasteiger partial charge in [-0.05, 0) is 91.4 Å². The monoisotopic (exact) mass is 416 g/mol. The first-order valence-corrected chi connectivity index (χ1v) is 9.81. The number of halogens is 3. The van der Waals surface area contributed by atoms with E-state index in [1.165, 1.54) is 24.8 Å². The van der Waals surface area contributed by atoms with Crippen molar-refractivity contribution in [2.75, 3.05) is 0 Å². The zero-order valence-corrected chi connectivity index (χ0v) is 18.3. The van der Waals surface area contributed by atoms with Gasteiger partial charge in [-0.2, -0.15) is 8.78 Å². The molecular weight excluding hydrogens is 381 g/mol. The van der Waals surface area contributed by atoms with Crippen molar-refractivity contribution in [2.45, 2.75) is 79.6 Å². The summed E-state index contributed by atoms with van der Waals surface area (Å²) >= 11 is 0. The van der Waals surface area contributed by atoms with Gasteiger partial charge in [0.15, 0.2) is 0 Å². The normalized spacial score (nSPS) is 26.2. The van der Waals surface area contributed by atoms with Crippen LogP contribution in [0.4, 0.5) is 13.5 Å². The van der Waals surface area contributed by atoms with E-state index >= 15 is 0 Å². The Morgan fingerprint density at radius 3 is 2.00 bits per heavy atom. The first kappa shape index (κ1) is 29.6.